The molecule has 21 heavy (non-hydrogen) atoms. The second-order valence-electron chi connectivity index (χ2n) is 5.26. The summed E-state index contributed by atoms with van der Waals surface area (Å²) in [7, 11) is 0. The molecule has 0 bridgehead atoms. The van der Waals surface area contributed by atoms with Gasteiger partial charge in [-0.1, -0.05) is 49.4 Å². The number of rotatable bonds is 7. The lowest BCUT2D eigenvalue weighted by Crippen LogP contribution is -2.32. The highest BCUT2D eigenvalue weighted by Gasteiger charge is 2.18. The largest absolute Gasteiger partial charge is 0.508 e. The zero-order valence-corrected chi connectivity index (χ0v) is 12.6. The van der Waals surface area contributed by atoms with Gasteiger partial charge < -0.3 is 10.8 Å². The van der Waals surface area contributed by atoms with Crippen molar-refractivity contribution < 1.29 is 5.11 Å². The van der Waals surface area contributed by atoms with Gasteiger partial charge in [0.25, 0.3) is 0 Å². The third-order valence-electron chi connectivity index (χ3n) is 3.75. The molecule has 112 valence electrons. The van der Waals surface area contributed by atoms with Gasteiger partial charge in [-0.05, 0) is 29.7 Å². The van der Waals surface area contributed by atoms with Crippen LogP contribution in [0.25, 0.3) is 0 Å². The summed E-state index contributed by atoms with van der Waals surface area (Å²) < 4.78 is 0. The van der Waals surface area contributed by atoms with E-state index in [2.05, 4.69) is 36.1 Å². The summed E-state index contributed by atoms with van der Waals surface area (Å²) in [5, 5.41) is 9.45. The van der Waals surface area contributed by atoms with Crippen LogP contribution in [-0.4, -0.2) is 23.1 Å². The molecule has 0 aromatic heterocycles. The fraction of sp³-hybridized carbons (Fsp3) is 0.333. The summed E-state index contributed by atoms with van der Waals surface area (Å²) in [5.41, 5.74) is 8.31. The molecule has 0 aliphatic carbocycles. The molecule has 0 saturated heterocycles. The van der Waals surface area contributed by atoms with Crippen molar-refractivity contribution >= 4 is 0 Å². The number of phenolic OH excluding ortho intramolecular Hbond substituents is 1. The van der Waals surface area contributed by atoms with Crippen molar-refractivity contribution in [3.63, 3.8) is 0 Å². The third-order valence-corrected chi connectivity index (χ3v) is 3.75. The summed E-state index contributed by atoms with van der Waals surface area (Å²) in [6, 6.07) is 18.3. The van der Waals surface area contributed by atoms with E-state index in [-0.39, 0.29) is 0 Å². The van der Waals surface area contributed by atoms with Crippen LogP contribution in [0, 0.1) is 0 Å². The van der Waals surface area contributed by atoms with Crippen LogP contribution in [0.4, 0.5) is 0 Å². The molecular formula is C18H24N2O. The molecule has 1 unspecified atom stereocenters. The maximum absolute atomic E-state index is 9.45. The molecule has 0 radical (unpaired) electrons. The Bertz CT molecular complexity index is 525. The Morgan fingerprint density at radius 1 is 1.05 bits per heavy atom. The Morgan fingerprint density at radius 3 is 2.29 bits per heavy atom. The van der Waals surface area contributed by atoms with E-state index in [0.29, 0.717) is 18.3 Å². The van der Waals surface area contributed by atoms with Crippen LogP contribution in [0.15, 0.2) is 54.6 Å². The highest BCUT2D eigenvalue weighted by molar-refractivity contribution is 5.28. The monoisotopic (exact) mass is 284 g/mol. The van der Waals surface area contributed by atoms with E-state index in [4.69, 9.17) is 5.73 Å². The molecule has 2 aromatic rings. The summed E-state index contributed by atoms with van der Waals surface area (Å²) in [4.78, 5) is 2.40. The fourth-order valence-electron chi connectivity index (χ4n) is 2.73. The predicted molar refractivity (Wildman–Crippen MR) is 87.0 cm³/mol. The quantitative estimate of drug-likeness (QED) is 0.820. The standard InChI is InChI=1S/C18H24N2O/c1-2-18(16-8-10-17(21)11-9-16)20(13-12-19)14-15-6-4-3-5-7-15/h3-11,18,21H,2,12-14,19H2,1H3. The molecule has 0 aliphatic heterocycles. The van der Waals surface area contributed by atoms with E-state index in [1.54, 1.807) is 12.1 Å². The number of nitrogens with two attached hydrogens (primary N) is 1. The van der Waals surface area contributed by atoms with Gasteiger partial charge in [0.15, 0.2) is 0 Å². The van der Waals surface area contributed by atoms with E-state index >= 15 is 0 Å². The molecule has 0 fully saturated rings. The van der Waals surface area contributed by atoms with Gasteiger partial charge >= 0.3 is 0 Å². The Kier molecular flexibility index (Phi) is 5.78. The van der Waals surface area contributed by atoms with Gasteiger partial charge in [0.05, 0.1) is 0 Å². The van der Waals surface area contributed by atoms with Crippen LogP contribution >= 0.6 is 0 Å². The Labute approximate surface area is 127 Å². The summed E-state index contributed by atoms with van der Waals surface area (Å²) in [5.74, 6) is 0.307. The lowest BCUT2D eigenvalue weighted by Gasteiger charge is -2.31. The van der Waals surface area contributed by atoms with Crippen molar-refractivity contribution in [3.8, 4) is 5.75 Å². The smallest absolute Gasteiger partial charge is 0.115 e. The highest BCUT2D eigenvalue weighted by atomic mass is 16.3. The average Bonchev–Trinajstić information content (AvgIpc) is 2.51. The van der Waals surface area contributed by atoms with Gasteiger partial charge in [-0.2, -0.15) is 0 Å². The Hall–Kier alpha value is -1.84. The number of hydrogen-bond acceptors (Lipinski definition) is 3. The van der Waals surface area contributed by atoms with Crippen LogP contribution in [0.1, 0.15) is 30.5 Å². The highest BCUT2D eigenvalue weighted by Crippen LogP contribution is 2.27. The molecule has 0 saturated carbocycles. The first-order chi connectivity index (χ1) is 10.2. The second kappa shape index (κ2) is 7.81. The predicted octanol–water partition coefficient (Wildman–Crippen LogP) is 3.30. The van der Waals surface area contributed by atoms with Crippen molar-refractivity contribution in [2.45, 2.75) is 25.9 Å². The maximum Gasteiger partial charge on any atom is 0.115 e. The topological polar surface area (TPSA) is 49.5 Å². The van der Waals surface area contributed by atoms with Gasteiger partial charge in [0, 0.05) is 25.7 Å². The minimum Gasteiger partial charge on any atom is -0.508 e. The second-order valence-corrected chi connectivity index (χ2v) is 5.26. The fourth-order valence-corrected chi connectivity index (χ4v) is 2.73. The van der Waals surface area contributed by atoms with Crippen LogP contribution < -0.4 is 5.73 Å². The molecule has 3 nitrogen and oxygen atoms in total. The minimum absolute atomic E-state index is 0.307. The molecule has 0 heterocycles. The van der Waals surface area contributed by atoms with E-state index < -0.39 is 0 Å². The molecule has 2 aromatic carbocycles. The molecule has 2 rings (SSSR count). The number of phenols is 1. The average molecular weight is 284 g/mol. The Balaban J connectivity index is 2.19. The minimum atomic E-state index is 0.307. The summed E-state index contributed by atoms with van der Waals surface area (Å²) in [6.07, 6.45) is 1.01. The first-order valence-electron chi connectivity index (χ1n) is 7.51. The molecule has 0 spiro atoms. The van der Waals surface area contributed by atoms with E-state index in [1.807, 2.05) is 18.2 Å². The van der Waals surface area contributed by atoms with Crippen molar-refractivity contribution in [1.82, 2.24) is 4.90 Å². The van der Waals surface area contributed by atoms with Crippen molar-refractivity contribution in [3.05, 3.63) is 65.7 Å². The summed E-state index contributed by atoms with van der Waals surface area (Å²) in [6.45, 7) is 4.57. The first kappa shape index (κ1) is 15.5. The van der Waals surface area contributed by atoms with E-state index in [9.17, 15) is 5.11 Å². The van der Waals surface area contributed by atoms with Gasteiger partial charge in [0.2, 0.25) is 0 Å². The lowest BCUT2D eigenvalue weighted by molar-refractivity contribution is 0.188. The number of aromatic hydroxyl groups is 1. The van der Waals surface area contributed by atoms with E-state index in [0.717, 1.165) is 19.5 Å². The summed E-state index contributed by atoms with van der Waals surface area (Å²) >= 11 is 0. The number of hydrogen-bond donors (Lipinski definition) is 2. The van der Waals surface area contributed by atoms with Crippen LogP contribution in [0.2, 0.25) is 0 Å². The molecule has 3 N–H and O–H groups in total. The molecular weight excluding hydrogens is 260 g/mol. The molecule has 0 aliphatic rings. The van der Waals surface area contributed by atoms with Crippen LogP contribution in [0.5, 0.6) is 5.75 Å². The van der Waals surface area contributed by atoms with Crippen molar-refractivity contribution in [2.24, 2.45) is 5.73 Å². The maximum atomic E-state index is 9.45. The zero-order valence-electron chi connectivity index (χ0n) is 12.6. The lowest BCUT2D eigenvalue weighted by atomic mass is 10.0. The van der Waals surface area contributed by atoms with Gasteiger partial charge in [-0.3, -0.25) is 4.90 Å². The number of benzene rings is 2. The Morgan fingerprint density at radius 2 is 1.71 bits per heavy atom. The third kappa shape index (κ3) is 4.31. The normalized spacial score (nSPS) is 12.5. The SMILES string of the molecule is CCC(c1ccc(O)cc1)N(CCN)Cc1ccccc1. The van der Waals surface area contributed by atoms with Crippen LogP contribution in [0.3, 0.4) is 0 Å². The zero-order chi connectivity index (χ0) is 15.1. The van der Waals surface area contributed by atoms with Crippen molar-refractivity contribution in [2.75, 3.05) is 13.1 Å². The van der Waals surface area contributed by atoms with Gasteiger partial charge in [-0.15, -0.1) is 0 Å². The first-order valence-corrected chi connectivity index (χ1v) is 7.51. The number of nitrogens with zero attached hydrogens (tertiary/aromatic N) is 1. The molecule has 0 amide bonds. The van der Waals surface area contributed by atoms with Crippen molar-refractivity contribution in [1.29, 1.82) is 0 Å². The molecule has 1 atom stereocenters. The van der Waals surface area contributed by atoms with Gasteiger partial charge in [0.1, 0.15) is 5.75 Å². The van der Waals surface area contributed by atoms with Gasteiger partial charge in [-0.25, -0.2) is 0 Å². The molecule has 3 heteroatoms. The van der Waals surface area contributed by atoms with E-state index in [1.165, 1.54) is 11.1 Å². The van der Waals surface area contributed by atoms with Crippen LogP contribution in [-0.2, 0) is 6.54 Å².